The highest BCUT2D eigenvalue weighted by Crippen LogP contribution is 2.35. The van der Waals surface area contributed by atoms with Crippen molar-refractivity contribution in [1.29, 1.82) is 0 Å². The van der Waals surface area contributed by atoms with Gasteiger partial charge in [0.25, 0.3) is 0 Å². The molecule has 1 aliphatic rings. The number of hydrogen-bond donors (Lipinski definition) is 0. The number of carbonyl (C=O) groups is 1. The second kappa shape index (κ2) is 6.14. The molecule has 2 heterocycles. The van der Waals surface area contributed by atoms with E-state index in [9.17, 15) is 18.0 Å². The van der Waals surface area contributed by atoms with Crippen molar-refractivity contribution in [2.24, 2.45) is 0 Å². The highest BCUT2D eigenvalue weighted by molar-refractivity contribution is 5.80. The van der Waals surface area contributed by atoms with Crippen LogP contribution in [0.2, 0.25) is 0 Å². The fourth-order valence-electron chi connectivity index (χ4n) is 2.98. The lowest BCUT2D eigenvalue weighted by Crippen LogP contribution is -2.17. The largest absolute Gasteiger partial charge is 0.435 e. The number of nitrogens with zero attached hydrogens (tertiary/aromatic N) is 3. The zero-order valence-electron chi connectivity index (χ0n) is 12.4. The number of aromatic nitrogens is 3. The molecule has 0 atom stereocenters. The molecule has 0 saturated carbocycles. The number of ketones is 1. The molecule has 0 aromatic carbocycles. The van der Waals surface area contributed by atoms with E-state index < -0.39 is 11.9 Å². The number of pyridine rings is 1. The molecule has 122 valence electrons. The monoisotopic (exact) mass is 323 g/mol. The highest BCUT2D eigenvalue weighted by atomic mass is 19.4. The van der Waals surface area contributed by atoms with Gasteiger partial charge in [-0.25, -0.2) is 0 Å². The molecule has 7 heteroatoms. The highest BCUT2D eigenvalue weighted by Gasteiger charge is 2.39. The zero-order chi connectivity index (χ0) is 16.4. The molecule has 0 aliphatic heterocycles. The molecular formula is C16H16F3N3O. The number of hydrogen-bond acceptors (Lipinski definition) is 3. The molecule has 0 bridgehead atoms. The van der Waals surface area contributed by atoms with Crippen molar-refractivity contribution in [3.8, 4) is 0 Å². The lowest BCUT2D eigenvalue weighted by atomic mass is 9.95. The third kappa shape index (κ3) is 3.43. The number of halogens is 3. The molecule has 0 radical (unpaired) electrons. The summed E-state index contributed by atoms with van der Waals surface area (Å²) in [6.07, 6.45) is 1.34. The molecule has 0 saturated heterocycles. The lowest BCUT2D eigenvalue weighted by molar-refractivity contribution is -0.142. The van der Waals surface area contributed by atoms with E-state index in [2.05, 4.69) is 10.1 Å². The summed E-state index contributed by atoms with van der Waals surface area (Å²) in [5.74, 6) is -0.166. The van der Waals surface area contributed by atoms with Gasteiger partial charge in [0.05, 0.1) is 0 Å². The number of fused-ring (bicyclic) bond motifs is 1. The van der Waals surface area contributed by atoms with Gasteiger partial charge in [-0.05, 0) is 43.4 Å². The molecular weight excluding hydrogens is 307 g/mol. The first-order chi connectivity index (χ1) is 10.9. The van der Waals surface area contributed by atoms with Crippen LogP contribution in [0.4, 0.5) is 13.2 Å². The Bertz CT molecular complexity index is 707. The minimum atomic E-state index is -4.47. The topological polar surface area (TPSA) is 47.8 Å². The van der Waals surface area contributed by atoms with Crippen molar-refractivity contribution in [1.82, 2.24) is 14.8 Å². The van der Waals surface area contributed by atoms with Crippen molar-refractivity contribution in [3.63, 3.8) is 0 Å². The van der Waals surface area contributed by atoms with E-state index in [0.717, 1.165) is 18.4 Å². The minimum absolute atomic E-state index is 0.124. The van der Waals surface area contributed by atoms with Crippen LogP contribution in [-0.2, 0) is 36.8 Å². The summed E-state index contributed by atoms with van der Waals surface area (Å²) in [4.78, 5) is 16.0. The van der Waals surface area contributed by atoms with Crippen LogP contribution in [0, 0.1) is 0 Å². The molecule has 23 heavy (non-hydrogen) atoms. The summed E-state index contributed by atoms with van der Waals surface area (Å²) >= 11 is 0. The average molecular weight is 323 g/mol. The molecule has 0 amide bonds. The van der Waals surface area contributed by atoms with Crippen LogP contribution >= 0.6 is 0 Å². The second-order valence-corrected chi connectivity index (χ2v) is 5.71. The Kier molecular flexibility index (Phi) is 4.19. The van der Waals surface area contributed by atoms with E-state index in [4.69, 9.17) is 0 Å². The molecule has 0 unspecified atom stereocenters. The van der Waals surface area contributed by atoms with Gasteiger partial charge in [0.15, 0.2) is 11.5 Å². The molecule has 2 aromatic rings. The summed E-state index contributed by atoms with van der Waals surface area (Å²) in [7, 11) is 0. The molecule has 0 N–H and O–H groups in total. The summed E-state index contributed by atoms with van der Waals surface area (Å²) in [5, 5.41) is 3.70. The van der Waals surface area contributed by atoms with Crippen LogP contribution in [0.25, 0.3) is 0 Å². The maximum atomic E-state index is 13.1. The second-order valence-electron chi connectivity index (χ2n) is 5.71. The van der Waals surface area contributed by atoms with Crippen molar-refractivity contribution in [3.05, 3.63) is 47.0 Å². The summed E-state index contributed by atoms with van der Waals surface area (Å²) in [5.41, 5.74) is 0.790. The van der Waals surface area contributed by atoms with Crippen LogP contribution < -0.4 is 0 Å². The van der Waals surface area contributed by atoms with Crippen LogP contribution in [0.1, 0.15) is 35.4 Å². The standard InChI is InChI=1S/C16H16F3N3O/c17-16(18,19)15-13-3-1-2-4-14(13)22(21-15)10-12(23)9-11-5-7-20-8-6-11/h5-8H,1-4,9-10H2. The SMILES string of the molecule is O=C(Cc1ccncc1)Cn1nc(C(F)(F)F)c2c1CCCC2. The fraction of sp³-hybridized carbons (Fsp3) is 0.438. The Balaban J connectivity index is 1.83. The third-order valence-electron chi connectivity index (χ3n) is 4.00. The van der Waals surface area contributed by atoms with Gasteiger partial charge in [-0.2, -0.15) is 18.3 Å². The predicted octanol–water partition coefficient (Wildman–Crippen LogP) is 2.99. The van der Waals surface area contributed by atoms with Gasteiger partial charge in [0.1, 0.15) is 6.54 Å². The predicted molar refractivity (Wildman–Crippen MR) is 76.8 cm³/mol. The van der Waals surface area contributed by atoms with E-state index >= 15 is 0 Å². The van der Waals surface area contributed by atoms with Gasteiger partial charge in [0, 0.05) is 30.1 Å². The number of Topliss-reactive ketones (excluding diaryl/α,β-unsaturated/α-hetero) is 1. The van der Waals surface area contributed by atoms with Crippen LogP contribution in [-0.4, -0.2) is 20.5 Å². The van der Waals surface area contributed by atoms with Crippen LogP contribution in [0.5, 0.6) is 0 Å². The summed E-state index contributed by atoms with van der Waals surface area (Å²) in [6.45, 7) is -0.124. The smallest absolute Gasteiger partial charge is 0.297 e. The zero-order valence-corrected chi connectivity index (χ0v) is 12.4. The van der Waals surface area contributed by atoms with Crippen molar-refractivity contribution in [2.45, 2.75) is 44.8 Å². The first-order valence-corrected chi connectivity index (χ1v) is 7.51. The Morgan fingerprint density at radius 3 is 2.57 bits per heavy atom. The number of alkyl halides is 3. The van der Waals surface area contributed by atoms with Crippen LogP contribution in [0.3, 0.4) is 0 Å². The van der Waals surface area contributed by atoms with Crippen molar-refractivity contribution < 1.29 is 18.0 Å². The summed E-state index contributed by atoms with van der Waals surface area (Å²) in [6, 6.07) is 3.44. The molecule has 0 spiro atoms. The van der Waals surface area contributed by atoms with Crippen LogP contribution in [0.15, 0.2) is 24.5 Å². The number of carbonyl (C=O) groups excluding carboxylic acids is 1. The quantitative estimate of drug-likeness (QED) is 0.869. The first kappa shape index (κ1) is 15.7. The van der Waals surface area contributed by atoms with Gasteiger partial charge >= 0.3 is 6.18 Å². The maximum absolute atomic E-state index is 13.1. The van der Waals surface area contributed by atoms with Gasteiger partial charge in [-0.3, -0.25) is 14.5 Å². The molecule has 0 fully saturated rings. The normalized spacial score (nSPS) is 14.6. The third-order valence-corrected chi connectivity index (χ3v) is 4.00. The molecule has 4 nitrogen and oxygen atoms in total. The van der Waals surface area contributed by atoms with Gasteiger partial charge < -0.3 is 0 Å². The number of rotatable bonds is 4. The van der Waals surface area contributed by atoms with E-state index in [1.54, 1.807) is 24.5 Å². The Hall–Kier alpha value is -2.18. The summed E-state index contributed by atoms with van der Waals surface area (Å²) < 4.78 is 40.6. The van der Waals surface area contributed by atoms with E-state index in [1.165, 1.54) is 4.68 Å². The van der Waals surface area contributed by atoms with E-state index in [-0.39, 0.29) is 24.3 Å². The molecule has 2 aromatic heterocycles. The molecule has 1 aliphatic carbocycles. The molecule has 3 rings (SSSR count). The Morgan fingerprint density at radius 2 is 1.87 bits per heavy atom. The average Bonchev–Trinajstić information content (AvgIpc) is 2.87. The van der Waals surface area contributed by atoms with Crippen molar-refractivity contribution in [2.75, 3.05) is 0 Å². The minimum Gasteiger partial charge on any atom is -0.297 e. The Morgan fingerprint density at radius 1 is 1.17 bits per heavy atom. The van der Waals surface area contributed by atoms with Gasteiger partial charge in [-0.1, -0.05) is 0 Å². The first-order valence-electron chi connectivity index (χ1n) is 7.51. The fourth-order valence-corrected chi connectivity index (χ4v) is 2.98. The van der Waals surface area contributed by atoms with Gasteiger partial charge in [-0.15, -0.1) is 0 Å². The van der Waals surface area contributed by atoms with E-state index in [0.29, 0.717) is 18.5 Å². The van der Waals surface area contributed by atoms with Gasteiger partial charge in [0.2, 0.25) is 0 Å². The Labute approximate surface area is 131 Å². The maximum Gasteiger partial charge on any atom is 0.435 e. The van der Waals surface area contributed by atoms with Crippen molar-refractivity contribution >= 4 is 5.78 Å². The lowest BCUT2D eigenvalue weighted by Gasteiger charge is -2.14. The van der Waals surface area contributed by atoms with E-state index in [1.807, 2.05) is 0 Å².